The van der Waals surface area contributed by atoms with E-state index in [0.29, 0.717) is 24.0 Å². The lowest BCUT2D eigenvalue weighted by Crippen LogP contribution is -2.55. The minimum Gasteiger partial charge on any atom is -0.469 e. The number of carbonyl (C=O) groups excluding carboxylic acids is 1. The summed E-state index contributed by atoms with van der Waals surface area (Å²) < 4.78 is 11.4. The summed E-state index contributed by atoms with van der Waals surface area (Å²) in [4.78, 5) is 14.7. The fourth-order valence-electron chi connectivity index (χ4n) is 7.85. The molecule has 2 aliphatic carbocycles. The average Bonchev–Trinajstić information content (AvgIpc) is 3.42. The fraction of sp³-hybridized carbons (Fsp3) is 0.963. The maximum Gasteiger partial charge on any atom is 0.308 e. The van der Waals surface area contributed by atoms with Gasteiger partial charge in [0.15, 0.2) is 0 Å². The molecule has 0 radical (unpaired) electrons. The van der Waals surface area contributed by atoms with Gasteiger partial charge in [-0.25, -0.2) is 0 Å². The van der Waals surface area contributed by atoms with Gasteiger partial charge in [-0.3, -0.25) is 15.0 Å². The quantitative estimate of drug-likeness (QED) is 0.609. The molecule has 0 bridgehead atoms. The molecule has 6 nitrogen and oxygen atoms in total. The number of esters is 1. The first kappa shape index (κ1) is 24.0. The van der Waals surface area contributed by atoms with E-state index < -0.39 is 0 Å². The monoisotopic (exact) mass is 461 g/mol. The van der Waals surface area contributed by atoms with Gasteiger partial charge in [0.1, 0.15) is 6.23 Å². The second kappa shape index (κ2) is 10.5. The van der Waals surface area contributed by atoms with Crippen molar-refractivity contribution in [1.82, 2.24) is 15.5 Å². The van der Waals surface area contributed by atoms with E-state index in [4.69, 9.17) is 9.47 Å². The molecule has 2 N–H and O–H groups in total. The predicted molar refractivity (Wildman–Crippen MR) is 130 cm³/mol. The molecule has 0 aromatic carbocycles. The van der Waals surface area contributed by atoms with Gasteiger partial charge in [0, 0.05) is 30.7 Å². The molecule has 5 aliphatic rings. The number of rotatable bonds is 5. The first-order valence-corrected chi connectivity index (χ1v) is 14.0. The van der Waals surface area contributed by atoms with Crippen molar-refractivity contribution in [2.45, 2.75) is 121 Å². The standard InChI is InChI=1S/C27H47N3O3/c1-17-7-12-22-21(14-17)15-23(28-22)25-6-4-5-13-30(25)16-24-18(2)33-26(29-24)19-8-10-20(11-9-19)27(31)32-3/h17-26,28-29H,4-16H2,1-3H3. The van der Waals surface area contributed by atoms with E-state index in [1.807, 2.05) is 0 Å². The Bertz CT molecular complexity index is 667. The van der Waals surface area contributed by atoms with Crippen LogP contribution < -0.4 is 10.6 Å². The van der Waals surface area contributed by atoms with E-state index in [2.05, 4.69) is 29.4 Å². The highest BCUT2D eigenvalue weighted by Gasteiger charge is 2.44. The van der Waals surface area contributed by atoms with Gasteiger partial charge in [0.05, 0.1) is 19.1 Å². The van der Waals surface area contributed by atoms with Gasteiger partial charge in [-0.05, 0) is 95.4 Å². The smallest absolute Gasteiger partial charge is 0.308 e. The third kappa shape index (κ3) is 5.29. The summed E-state index contributed by atoms with van der Waals surface area (Å²) in [7, 11) is 1.51. The van der Waals surface area contributed by atoms with E-state index in [9.17, 15) is 4.79 Å². The number of fused-ring (bicyclic) bond motifs is 1. The van der Waals surface area contributed by atoms with Crippen molar-refractivity contribution in [3.63, 3.8) is 0 Å². The van der Waals surface area contributed by atoms with Crippen molar-refractivity contribution >= 4 is 5.97 Å². The summed E-state index contributed by atoms with van der Waals surface area (Å²) in [5, 5.41) is 7.98. The van der Waals surface area contributed by atoms with Crippen molar-refractivity contribution in [2.24, 2.45) is 23.7 Å². The Morgan fingerprint density at radius 2 is 1.76 bits per heavy atom. The highest BCUT2D eigenvalue weighted by molar-refractivity contribution is 5.72. The molecule has 5 rings (SSSR count). The molecule has 8 unspecified atom stereocenters. The van der Waals surface area contributed by atoms with Crippen LogP contribution in [0.5, 0.6) is 0 Å². The third-order valence-electron chi connectivity index (χ3n) is 9.83. The Morgan fingerprint density at radius 3 is 2.55 bits per heavy atom. The minimum absolute atomic E-state index is 0.0362. The van der Waals surface area contributed by atoms with Gasteiger partial charge in [0.25, 0.3) is 0 Å². The molecule has 5 fully saturated rings. The van der Waals surface area contributed by atoms with E-state index in [1.54, 1.807) is 0 Å². The van der Waals surface area contributed by atoms with Gasteiger partial charge >= 0.3 is 5.97 Å². The first-order chi connectivity index (χ1) is 16.0. The fourth-order valence-corrected chi connectivity index (χ4v) is 7.85. The van der Waals surface area contributed by atoms with E-state index in [0.717, 1.165) is 50.1 Å². The molecule has 33 heavy (non-hydrogen) atoms. The summed E-state index contributed by atoms with van der Waals surface area (Å²) in [6.45, 7) is 7.03. The highest BCUT2D eigenvalue weighted by Crippen LogP contribution is 2.39. The molecular weight excluding hydrogens is 414 g/mol. The molecule has 188 valence electrons. The van der Waals surface area contributed by atoms with Gasteiger partial charge < -0.3 is 14.8 Å². The molecule has 0 amide bonds. The van der Waals surface area contributed by atoms with Crippen molar-refractivity contribution in [2.75, 3.05) is 20.2 Å². The zero-order valence-corrected chi connectivity index (χ0v) is 21.1. The lowest BCUT2D eigenvalue weighted by atomic mass is 9.78. The number of nitrogens with zero attached hydrogens (tertiary/aromatic N) is 1. The Hall–Kier alpha value is -0.690. The Kier molecular flexibility index (Phi) is 7.65. The first-order valence-electron chi connectivity index (χ1n) is 14.0. The number of nitrogens with one attached hydrogen (secondary N) is 2. The second-order valence-electron chi connectivity index (χ2n) is 12.0. The van der Waals surface area contributed by atoms with Crippen LogP contribution in [0.2, 0.25) is 0 Å². The van der Waals surface area contributed by atoms with Crippen LogP contribution in [0.15, 0.2) is 0 Å². The summed E-state index contributed by atoms with van der Waals surface area (Å²) in [6.07, 6.45) is 14.0. The SMILES string of the molecule is COC(=O)C1CCC(C2NC(CN3CCCCC3C3CC4CC(C)CCC4N3)C(C)O2)CC1. The van der Waals surface area contributed by atoms with Gasteiger partial charge in [0.2, 0.25) is 0 Å². The van der Waals surface area contributed by atoms with Crippen molar-refractivity contribution in [1.29, 1.82) is 0 Å². The molecule has 8 atom stereocenters. The Morgan fingerprint density at radius 1 is 0.939 bits per heavy atom. The van der Waals surface area contributed by atoms with Crippen LogP contribution in [0.3, 0.4) is 0 Å². The summed E-state index contributed by atoms with van der Waals surface area (Å²) in [6, 6.07) is 2.53. The maximum atomic E-state index is 11.9. The molecular formula is C27H47N3O3. The zero-order valence-electron chi connectivity index (χ0n) is 21.1. The lowest BCUT2D eigenvalue weighted by molar-refractivity contribution is -0.147. The van der Waals surface area contributed by atoms with Gasteiger partial charge in [-0.1, -0.05) is 13.3 Å². The number of carbonyl (C=O) groups is 1. The van der Waals surface area contributed by atoms with Gasteiger partial charge in [-0.2, -0.15) is 0 Å². The summed E-state index contributed by atoms with van der Waals surface area (Å²) >= 11 is 0. The third-order valence-corrected chi connectivity index (χ3v) is 9.83. The molecule has 0 spiro atoms. The van der Waals surface area contributed by atoms with Crippen LogP contribution in [0, 0.1) is 23.7 Å². The molecule has 3 saturated heterocycles. The van der Waals surface area contributed by atoms with E-state index in [1.165, 1.54) is 58.6 Å². The Labute approximate surface area is 200 Å². The number of hydrogen-bond acceptors (Lipinski definition) is 6. The maximum absolute atomic E-state index is 11.9. The van der Waals surface area contributed by atoms with Crippen molar-refractivity contribution in [3.8, 4) is 0 Å². The molecule has 3 aliphatic heterocycles. The summed E-state index contributed by atoms with van der Waals surface area (Å²) in [5.74, 6) is 2.37. The predicted octanol–water partition coefficient (Wildman–Crippen LogP) is 3.69. The highest BCUT2D eigenvalue weighted by atomic mass is 16.5. The number of piperidine rings is 1. The van der Waals surface area contributed by atoms with Crippen molar-refractivity contribution in [3.05, 3.63) is 0 Å². The Balaban J connectivity index is 1.15. The molecule has 2 saturated carbocycles. The number of ether oxygens (including phenoxy) is 2. The van der Waals surface area contributed by atoms with Crippen LogP contribution in [0.25, 0.3) is 0 Å². The normalized spacial score (nSPS) is 46.8. The zero-order chi connectivity index (χ0) is 22.9. The van der Waals surface area contributed by atoms with E-state index >= 15 is 0 Å². The number of methoxy groups -OCH3 is 1. The van der Waals surface area contributed by atoms with Crippen LogP contribution in [-0.4, -0.2) is 67.6 Å². The summed E-state index contributed by atoms with van der Waals surface area (Å²) in [5.41, 5.74) is 0. The average molecular weight is 462 g/mol. The minimum atomic E-state index is -0.0362. The lowest BCUT2D eigenvalue weighted by Gasteiger charge is -2.41. The molecule has 6 heteroatoms. The van der Waals surface area contributed by atoms with Crippen molar-refractivity contribution < 1.29 is 14.3 Å². The van der Waals surface area contributed by atoms with E-state index in [-0.39, 0.29) is 24.2 Å². The van der Waals surface area contributed by atoms with Crippen LogP contribution in [0.1, 0.15) is 84.5 Å². The van der Waals surface area contributed by atoms with Gasteiger partial charge in [-0.15, -0.1) is 0 Å². The topological polar surface area (TPSA) is 62.8 Å². The second-order valence-corrected chi connectivity index (χ2v) is 12.0. The molecule has 0 aromatic rings. The molecule has 3 heterocycles. The number of likely N-dealkylation sites (tertiary alicyclic amines) is 1. The van der Waals surface area contributed by atoms with Crippen LogP contribution in [0.4, 0.5) is 0 Å². The van der Waals surface area contributed by atoms with Crippen LogP contribution >= 0.6 is 0 Å². The van der Waals surface area contributed by atoms with Crippen LogP contribution in [-0.2, 0) is 14.3 Å². The number of hydrogen-bond donors (Lipinski definition) is 2. The molecule has 0 aromatic heterocycles. The largest absolute Gasteiger partial charge is 0.469 e.